The maximum Gasteiger partial charge on any atom is -0.00157 e. The third-order valence-electron chi connectivity index (χ3n) is 2.84. The molecule has 1 saturated heterocycles. The lowest BCUT2D eigenvalue weighted by atomic mass is 9.97. The summed E-state index contributed by atoms with van der Waals surface area (Å²) in [5.41, 5.74) is 0. The molecule has 1 N–H and O–H groups in total. The maximum absolute atomic E-state index is 3.43. The van der Waals surface area contributed by atoms with Gasteiger partial charge in [0.1, 0.15) is 0 Å². The summed E-state index contributed by atoms with van der Waals surface area (Å²) in [4.78, 5) is 2.54. The van der Waals surface area contributed by atoms with Crippen molar-refractivity contribution in [2.45, 2.75) is 26.7 Å². The molecule has 2 nitrogen and oxygen atoms in total. The molecule has 1 rings (SSSR count). The smallest absolute Gasteiger partial charge is 0.00157 e. The predicted octanol–water partition coefficient (Wildman–Crippen LogP) is 1.33. The second kappa shape index (κ2) is 5.55. The molecule has 0 unspecified atom stereocenters. The Balaban J connectivity index is 2.09. The standard InChI is InChI=1S/C10H22N2/c1-3-11-9-10-5-7-12(4-2)8-6-10/h10-11H,3-9H2,1-2H3. The number of nitrogens with one attached hydrogen (secondary N) is 1. The van der Waals surface area contributed by atoms with Crippen LogP contribution in [0.1, 0.15) is 26.7 Å². The molecule has 0 amide bonds. The monoisotopic (exact) mass is 170 g/mol. The van der Waals surface area contributed by atoms with E-state index in [1.165, 1.54) is 39.0 Å². The summed E-state index contributed by atoms with van der Waals surface area (Å²) in [6.07, 6.45) is 2.78. The molecule has 0 saturated carbocycles. The summed E-state index contributed by atoms with van der Waals surface area (Å²) < 4.78 is 0. The average molecular weight is 170 g/mol. The van der Waals surface area contributed by atoms with E-state index in [2.05, 4.69) is 24.1 Å². The Morgan fingerprint density at radius 3 is 2.42 bits per heavy atom. The number of piperidine rings is 1. The van der Waals surface area contributed by atoms with Crippen LogP contribution in [-0.4, -0.2) is 37.6 Å². The van der Waals surface area contributed by atoms with E-state index in [-0.39, 0.29) is 0 Å². The zero-order chi connectivity index (χ0) is 8.81. The third-order valence-corrected chi connectivity index (χ3v) is 2.84. The Hall–Kier alpha value is -0.0800. The molecule has 1 aliphatic heterocycles. The number of rotatable bonds is 4. The number of hydrogen-bond acceptors (Lipinski definition) is 2. The number of nitrogens with zero attached hydrogens (tertiary/aromatic N) is 1. The van der Waals surface area contributed by atoms with Gasteiger partial charge in [0.15, 0.2) is 0 Å². The fourth-order valence-electron chi connectivity index (χ4n) is 1.86. The van der Waals surface area contributed by atoms with Crippen LogP contribution in [0.5, 0.6) is 0 Å². The summed E-state index contributed by atoms with van der Waals surface area (Å²) in [6, 6.07) is 0. The molecule has 0 atom stereocenters. The highest BCUT2D eigenvalue weighted by Gasteiger charge is 2.16. The van der Waals surface area contributed by atoms with Crippen LogP contribution in [0.4, 0.5) is 0 Å². The Bertz CT molecular complexity index is 106. The van der Waals surface area contributed by atoms with E-state index in [4.69, 9.17) is 0 Å². The SMILES string of the molecule is CCNCC1CCN(CC)CC1. The minimum Gasteiger partial charge on any atom is -0.317 e. The van der Waals surface area contributed by atoms with Crippen LogP contribution in [0.3, 0.4) is 0 Å². The molecule has 1 heterocycles. The molecular weight excluding hydrogens is 148 g/mol. The lowest BCUT2D eigenvalue weighted by Gasteiger charge is -2.30. The van der Waals surface area contributed by atoms with Crippen LogP contribution in [0.2, 0.25) is 0 Å². The molecular formula is C10H22N2. The van der Waals surface area contributed by atoms with Gasteiger partial charge in [-0.15, -0.1) is 0 Å². The van der Waals surface area contributed by atoms with Crippen LogP contribution in [0, 0.1) is 5.92 Å². The minimum absolute atomic E-state index is 0.938. The Morgan fingerprint density at radius 1 is 1.25 bits per heavy atom. The molecule has 0 spiro atoms. The lowest BCUT2D eigenvalue weighted by Crippen LogP contribution is -2.37. The molecule has 0 aromatic heterocycles. The van der Waals surface area contributed by atoms with Crippen LogP contribution in [0.15, 0.2) is 0 Å². The Morgan fingerprint density at radius 2 is 1.92 bits per heavy atom. The normalized spacial score (nSPS) is 21.5. The summed E-state index contributed by atoms with van der Waals surface area (Å²) in [5.74, 6) is 0.938. The number of hydrogen-bond donors (Lipinski definition) is 1. The summed E-state index contributed by atoms with van der Waals surface area (Å²) in [6.45, 7) is 10.6. The first-order valence-electron chi connectivity index (χ1n) is 5.29. The van der Waals surface area contributed by atoms with Crippen LogP contribution >= 0.6 is 0 Å². The molecule has 1 fully saturated rings. The van der Waals surface area contributed by atoms with E-state index >= 15 is 0 Å². The quantitative estimate of drug-likeness (QED) is 0.684. The van der Waals surface area contributed by atoms with Gasteiger partial charge in [0.05, 0.1) is 0 Å². The third kappa shape index (κ3) is 3.11. The van der Waals surface area contributed by atoms with Gasteiger partial charge in [0.25, 0.3) is 0 Å². The van der Waals surface area contributed by atoms with Crippen molar-refractivity contribution in [3.05, 3.63) is 0 Å². The molecule has 0 aromatic rings. The molecule has 0 radical (unpaired) electrons. The second-order valence-electron chi connectivity index (χ2n) is 3.69. The predicted molar refractivity (Wildman–Crippen MR) is 53.4 cm³/mol. The van der Waals surface area contributed by atoms with Crippen molar-refractivity contribution in [1.29, 1.82) is 0 Å². The highest BCUT2D eigenvalue weighted by molar-refractivity contribution is 4.72. The fraction of sp³-hybridized carbons (Fsp3) is 1.00. The van der Waals surface area contributed by atoms with Crippen molar-refractivity contribution in [2.75, 3.05) is 32.7 Å². The van der Waals surface area contributed by atoms with Gasteiger partial charge in [-0.25, -0.2) is 0 Å². The molecule has 0 bridgehead atoms. The van der Waals surface area contributed by atoms with Gasteiger partial charge in [-0.3, -0.25) is 0 Å². The second-order valence-corrected chi connectivity index (χ2v) is 3.69. The lowest BCUT2D eigenvalue weighted by molar-refractivity contribution is 0.190. The first-order valence-corrected chi connectivity index (χ1v) is 5.29. The van der Waals surface area contributed by atoms with E-state index in [1.807, 2.05) is 0 Å². The Labute approximate surface area is 76.3 Å². The molecule has 0 aliphatic carbocycles. The zero-order valence-electron chi connectivity index (χ0n) is 8.47. The van der Waals surface area contributed by atoms with Crippen LogP contribution < -0.4 is 5.32 Å². The Kier molecular flexibility index (Phi) is 4.62. The van der Waals surface area contributed by atoms with Gasteiger partial charge in [-0.05, 0) is 51.5 Å². The van der Waals surface area contributed by atoms with E-state index in [9.17, 15) is 0 Å². The van der Waals surface area contributed by atoms with E-state index < -0.39 is 0 Å². The van der Waals surface area contributed by atoms with Gasteiger partial charge in [0.2, 0.25) is 0 Å². The molecule has 72 valence electrons. The first-order chi connectivity index (χ1) is 5.86. The number of likely N-dealkylation sites (tertiary alicyclic amines) is 1. The van der Waals surface area contributed by atoms with Crippen LogP contribution in [0.25, 0.3) is 0 Å². The maximum atomic E-state index is 3.43. The highest BCUT2D eigenvalue weighted by Crippen LogP contribution is 2.15. The summed E-state index contributed by atoms with van der Waals surface area (Å²) in [5, 5.41) is 3.43. The van der Waals surface area contributed by atoms with Gasteiger partial charge in [0, 0.05) is 0 Å². The van der Waals surface area contributed by atoms with Gasteiger partial charge in [-0.1, -0.05) is 13.8 Å². The van der Waals surface area contributed by atoms with Gasteiger partial charge < -0.3 is 10.2 Å². The van der Waals surface area contributed by atoms with Crippen molar-refractivity contribution in [3.8, 4) is 0 Å². The highest BCUT2D eigenvalue weighted by atomic mass is 15.1. The first kappa shape index (κ1) is 10.0. The van der Waals surface area contributed by atoms with Crippen molar-refractivity contribution in [2.24, 2.45) is 5.92 Å². The zero-order valence-corrected chi connectivity index (χ0v) is 8.47. The average Bonchev–Trinajstić information content (AvgIpc) is 2.15. The topological polar surface area (TPSA) is 15.3 Å². The molecule has 12 heavy (non-hydrogen) atoms. The summed E-state index contributed by atoms with van der Waals surface area (Å²) in [7, 11) is 0. The van der Waals surface area contributed by atoms with E-state index in [0.29, 0.717) is 0 Å². The van der Waals surface area contributed by atoms with Crippen molar-refractivity contribution >= 4 is 0 Å². The van der Waals surface area contributed by atoms with Gasteiger partial charge >= 0.3 is 0 Å². The van der Waals surface area contributed by atoms with Crippen molar-refractivity contribution < 1.29 is 0 Å². The van der Waals surface area contributed by atoms with Gasteiger partial charge in [-0.2, -0.15) is 0 Å². The molecule has 0 aromatic carbocycles. The van der Waals surface area contributed by atoms with Crippen molar-refractivity contribution in [1.82, 2.24) is 10.2 Å². The van der Waals surface area contributed by atoms with E-state index in [1.54, 1.807) is 0 Å². The minimum atomic E-state index is 0.938. The fourth-order valence-corrected chi connectivity index (χ4v) is 1.86. The molecule has 1 aliphatic rings. The largest absolute Gasteiger partial charge is 0.317 e. The van der Waals surface area contributed by atoms with Crippen LogP contribution in [-0.2, 0) is 0 Å². The molecule has 2 heteroatoms. The van der Waals surface area contributed by atoms with E-state index in [0.717, 1.165) is 12.5 Å². The summed E-state index contributed by atoms with van der Waals surface area (Å²) >= 11 is 0. The van der Waals surface area contributed by atoms with Crippen molar-refractivity contribution in [3.63, 3.8) is 0 Å².